The molecule has 0 aliphatic rings. The Balaban J connectivity index is 2.29. The van der Waals surface area contributed by atoms with Crippen molar-refractivity contribution >= 4 is 17.4 Å². The van der Waals surface area contributed by atoms with Crippen molar-refractivity contribution < 1.29 is 14.3 Å². The van der Waals surface area contributed by atoms with Crippen LogP contribution < -0.4 is 9.47 Å². The number of Topliss-reactive ketones (excluding diaryl/α,β-unsaturated/α-hetero) is 1. The van der Waals surface area contributed by atoms with E-state index in [-0.39, 0.29) is 5.78 Å². The summed E-state index contributed by atoms with van der Waals surface area (Å²) in [4.78, 5) is 12.3. The van der Waals surface area contributed by atoms with E-state index in [1.807, 2.05) is 30.3 Å². The van der Waals surface area contributed by atoms with Gasteiger partial charge < -0.3 is 9.47 Å². The molecule has 0 aliphatic heterocycles. The van der Waals surface area contributed by atoms with Crippen LogP contribution in [0.2, 0.25) is 5.02 Å². The molecule has 3 nitrogen and oxygen atoms in total. The fraction of sp³-hybridized carbons (Fsp3) is 0.188. The summed E-state index contributed by atoms with van der Waals surface area (Å²) in [6.07, 6.45) is 0.326. The van der Waals surface area contributed by atoms with E-state index in [4.69, 9.17) is 21.1 Å². The average Bonchev–Trinajstić information content (AvgIpc) is 2.47. The Morgan fingerprint density at radius 3 is 2.40 bits per heavy atom. The van der Waals surface area contributed by atoms with Gasteiger partial charge in [0.15, 0.2) is 17.3 Å². The van der Waals surface area contributed by atoms with Crippen molar-refractivity contribution in [2.45, 2.75) is 6.42 Å². The van der Waals surface area contributed by atoms with Gasteiger partial charge in [0.05, 0.1) is 19.2 Å². The van der Waals surface area contributed by atoms with Crippen LogP contribution in [0.5, 0.6) is 11.5 Å². The largest absolute Gasteiger partial charge is 0.493 e. The summed E-state index contributed by atoms with van der Waals surface area (Å²) in [6.45, 7) is 0. The van der Waals surface area contributed by atoms with Gasteiger partial charge in [0.25, 0.3) is 0 Å². The second kappa shape index (κ2) is 6.44. The smallest absolute Gasteiger partial charge is 0.179 e. The number of benzene rings is 2. The molecule has 0 amide bonds. The summed E-state index contributed by atoms with van der Waals surface area (Å²) >= 11 is 6.10. The van der Waals surface area contributed by atoms with Crippen LogP contribution in [-0.4, -0.2) is 20.0 Å². The van der Waals surface area contributed by atoms with E-state index in [0.29, 0.717) is 28.5 Å². The van der Waals surface area contributed by atoms with Crippen molar-refractivity contribution in [2.24, 2.45) is 0 Å². The molecule has 0 atom stereocenters. The minimum Gasteiger partial charge on any atom is -0.493 e. The molecule has 0 N–H and O–H groups in total. The van der Waals surface area contributed by atoms with Crippen molar-refractivity contribution in [3.63, 3.8) is 0 Å². The highest BCUT2D eigenvalue weighted by Crippen LogP contribution is 2.36. The summed E-state index contributed by atoms with van der Waals surface area (Å²) < 4.78 is 10.3. The molecule has 0 saturated heterocycles. The number of halogens is 1. The normalized spacial score (nSPS) is 10.2. The summed E-state index contributed by atoms with van der Waals surface area (Å²) in [5.74, 6) is 0.876. The van der Waals surface area contributed by atoms with Gasteiger partial charge in [-0.3, -0.25) is 4.79 Å². The Morgan fingerprint density at radius 2 is 1.80 bits per heavy atom. The van der Waals surface area contributed by atoms with Gasteiger partial charge >= 0.3 is 0 Å². The first-order valence-corrected chi connectivity index (χ1v) is 6.52. The van der Waals surface area contributed by atoms with Gasteiger partial charge in [-0.2, -0.15) is 0 Å². The SMILES string of the molecule is COc1cc(C(=O)Cc2ccccc2)cc(Cl)c1OC. The maximum absolute atomic E-state index is 12.3. The van der Waals surface area contributed by atoms with Gasteiger partial charge in [-0.15, -0.1) is 0 Å². The third-order valence-corrected chi connectivity index (χ3v) is 3.24. The molecule has 0 bridgehead atoms. The second-order valence-electron chi connectivity index (χ2n) is 4.28. The minimum absolute atomic E-state index is 0.0148. The van der Waals surface area contributed by atoms with Crippen LogP contribution >= 0.6 is 11.6 Å². The quantitative estimate of drug-likeness (QED) is 0.786. The number of hydrogen-bond acceptors (Lipinski definition) is 3. The predicted molar refractivity (Wildman–Crippen MR) is 79.0 cm³/mol. The van der Waals surface area contributed by atoms with Crippen molar-refractivity contribution in [3.05, 3.63) is 58.6 Å². The Hall–Kier alpha value is -2.00. The lowest BCUT2D eigenvalue weighted by molar-refractivity contribution is 0.0992. The van der Waals surface area contributed by atoms with Gasteiger partial charge in [0.2, 0.25) is 0 Å². The Morgan fingerprint density at radius 1 is 1.10 bits per heavy atom. The standard InChI is InChI=1S/C16H15ClO3/c1-19-15-10-12(9-13(17)16(15)20-2)14(18)8-11-6-4-3-5-7-11/h3-7,9-10H,8H2,1-2H3. The first-order chi connectivity index (χ1) is 9.65. The molecule has 0 spiro atoms. The lowest BCUT2D eigenvalue weighted by Gasteiger charge is -2.11. The van der Waals surface area contributed by atoms with E-state index >= 15 is 0 Å². The minimum atomic E-state index is -0.0148. The van der Waals surface area contributed by atoms with E-state index in [9.17, 15) is 4.79 Å². The van der Waals surface area contributed by atoms with Crippen molar-refractivity contribution in [1.82, 2.24) is 0 Å². The summed E-state index contributed by atoms with van der Waals surface area (Å²) in [5, 5.41) is 0.364. The Bertz CT molecular complexity index is 609. The number of ketones is 1. The molecule has 20 heavy (non-hydrogen) atoms. The zero-order valence-electron chi connectivity index (χ0n) is 11.4. The molecule has 4 heteroatoms. The highest BCUT2D eigenvalue weighted by atomic mass is 35.5. The van der Waals surface area contributed by atoms with E-state index in [1.54, 1.807) is 12.1 Å². The predicted octanol–water partition coefficient (Wildman–Crippen LogP) is 3.78. The van der Waals surface area contributed by atoms with Gasteiger partial charge in [-0.25, -0.2) is 0 Å². The zero-order valence-corrected chi connectivity index (χ0v) is 12.1. The lowest BCUT2D eigenvalue weighted by atomic mass is 10.0. The van der Waals surface area contributed by atoms with Gasteiger partial charge in [0.1, 0.15) is 0 Å². The molecule has 0 heterocycles. The fourth-order valence-corrected chi connectivity index (χ4v) is 2.25. The number of rotatable bonds is 5. The lowest BCUT2D eigenvalue weighted by Crippen LogP contribution is -2.04. The highest BCUT2D eigenvalue weighted by Gasteiger charge is 2.15. The Labute approximate surface area is 123 Å². The van der Waals surface area contributed by atoms with Crippen LogP contribution in [0.15, 0.2) is 42.5 Å². The second-order valence-corrected chi connectivity index (χ2v) is 4.69. The number of ether oxygens (including phenoxy) is 2. The fourth-order valence-electron chi connectivity index (χ4n) is 1.96. The van der Waals surface area contributed by atoms with Gasteiger partial charge in [-0.1, -0.05) is 41.9 Å². The zero-order chi connectivity index (χ0) is 14.5. The molecule has 2 aromatic carbocycles. The molecular formula is C16H15ClO3. The monoisotopic (exact) mass is 290 g/mol. The maximum atomic E-state index is 12.3. The summed E-state index contributed by atoms with van der Waals surface area (Å²) in [7, 11) is 3.02. The topological polar surface area (TPSA) is 35.5 Å². The van der Waals surface area contributed by atoms with Gasteiger partial charge in [0, 0.05) is 12.0 Å². The van der Waals surface area contributed by atoms with Crippen LogP contribution in [0.25, 0.3) is 0 Å². The van der Waals surface area contributed by atoms with E-state index in [1.165, 1.54) is 14.2 Å². The molecule has 104 valence electrons. The molecule has 2 rings (SSSR count). The number of carbonyl (C=O) groups is 1. The number of hydrogen-bond donors (Lipinski definition) is 0. The molecule has 0 radical (unpaired) electrons. The van der Waals surface area contributed by atoms with Crippen LogP contribution in [0.3, 0.4) is 0 Å². The van der Waals surface area contributed by atoms with Crippen LogP contribution in [0, 0.1) is 0 Å². The third kappa shape index (κ3) is 3.11. The molecular weight excluding hydrogens is 276 g/mol. The number of carbonyl (C=O) groups excluding carboxylic acids is 1. The molecule has 2 aromatic rings. The van der Waals surface area contributed by atoms with Crippen LogP contribution in [0.4, 0.5) is 0 Å². The van der Waals surface area contributed by atoms with Crippen molar-refractivity contribution in [2.75, 3.05) is 14.2 Å². The molecule has 0 unspecified atom stereocenters. The third-order valence-electron chi connectivity index (χ3n) is 2.96. The van der Waals surface area contributed by atoms with E-state index in [2.05, 4.69) is 0 Å². The first kappa shape index (κ1) is 14.4. The highest BCUT2D eigenvalue weighted by molar-refractivity contribution is 6.32. The van der Waals surface area contributed by atoms with E-state index in [0.717, 1.165) is 5.56 Å². The van der Waals surface area contributed by atoms with Crippen LogP contribution in [-0.2, 0) is 6.42 Å². The van der Waals surface area contributed by atoms with Crippen molar-refractivity contribution in [1.29, 1.82) is 0 Å². The first-order valence-electron chi connectivity index (χ1n) is 6.14. The summed E-state index contributed by atoms with van der Waals surface area (Å²) in [6, 6.07) is 12.8. The maximum Gasteiger partial charge on any atom is 0.179 e. The Kier molecular flexibility index (Phi) is 4.64. The number of methoxy groups -OCH3 is 2. The van der Waals surface area contributed by atoms with Crippen molar-refractivity contribution in [3.8, 4) is 11.5 Å². The summed E-state index contributed by atoms with van der Waals surface area (Å²) in [5.41, 5.74) is 1.47. The molecule has 0 aromatic heterocycles. The van der Waals surface area contributed by atoms with E-state index < -0.39 is 0 Å². The average molecular weight is 291 g/mol. The molecule has 0 saturated carbocycles. The van der Waals surface area contributed by atoms with Gasteiger partial charge in [-0.05, 0) is 17.7 Å². The molecule has 0 fully saturated rings. The molecule has 0 aliphatic carbocycles. The van der Waals surface area contributed by atoms with Crippen LogP contribution in [0.1, 0.15) is 15.9 Å².